The first kappa shape index (κ1) is 18.4. The highest BCUT2D eigenvalue weighted by molar-refractivity contribution is 6.05. The van der Waals surface area contributed by atoms with Crippen molar-refractivity contribution in [1.82, 2.24) is 10.6 Å². The van der Waals surface area contributed by atoms with E-state index >= 15 is 0 Å². The third-order valence-electron chi connectivity index (χ3n) is 3.55. The lowest BCUT2D eigenvalue weighted by atomic mass is 10.1. The summed E-state index contributed by atoms with van der Waals surface area (Å²) >= 11 is 0. The van der Waals surface area contributed by atoms with Gasteiger partial charge >= 0.3 is 12.1 Å². The second kappa shape index (κ2) is 8.81. The average Bonchev–Trinajstić information content (AvgIpc) is 2.90. The van der Waals surface area contributed by atoms with Crippen molar-refractivity contribution in [2.45, 2.75) is 44.9 Å². The summed E-state index contributed by atoms with van der Waals surface area (Å²) in [6.45, 7) is 1.91. The molecule has 1 aliphatic heterocycles. The summed E-state index contributed by atoms with van der Waals surface area (Å²) in [5.41, 5.74) is 0.813. The fourth-order valence-corrected chi connectivity index (χ4v) is 2.29. The maximum Gasteiger partial charge on any atom is 0.408 e. The van der Waals surface area contributed by atoms with Crippen molar-refractivity contribution in [2.24, 2.45) is 0 Å². The molecular weight excluding hydrogens is 328 g/mol. The second-order valence-electron chi connectivity index (χ2n) is 5.59. The molecule has 1 unspecified atom stereocenters. The van der Waals surface area contributed by atoms with Crippen molar-refractivity contribution < 1.29 is 28.7 Å². The molecule has 0 bridgehead atoms. The zero-order chi connectivity index (χ0) is 18.2. The maximum atomic E-state index is 12.2. The second-order valence-corrected chi connectivity index (χ2v) is 5.59. The molecule has 1 aromatic carbocycles. The molecule has 0 saturated carbocycles. The van der Waals surface area contributed by atoms with Gasteiger partial charge in [0.2, 0.25) is 5.91 Å². The Bertz CT molecular complexity index is 646. The van der Waals surface area contributed by atoms with Crippen molar-refractivity contribution in [2.75, 3.05) is 0 Å². The molecule has 134 valence electrons. The van der Waals surface area contributed by atoms with Gasteiger partial charge in [-0.2, -0.15) is 0 Å². The Morgan fingerprint density at radius 2 is 2.00 bits per heavy atom. The zero-order valence-electron chi connectivity index (χ0n) is 13.8. The largest absolute Gasteiger partial charge is 0.450 e. The minimum atomic E-state index is -1.15. The minimum Gasteiger partial charge on any atom is -0.450 e. The van der Waals surface area contributed by atoms with E-state index in [0.29, 0.717) is 12.8 Å². The first-order chi connectivity index (χ1) is 12.0. The molecule has 2 rings (SSSR count). The van der Waals surface area contributed by atoms with Crippen LogP contribution in [0.15, 0.2) is 30.3 Å². The number of rotatable bonds is 7. The quantitative estimate of drug-likeness (QED) is 0.563. The van der Waals surface area contributed by atoms with Gasteiger partial charge in [0, 0.05) is 0 Å². The van der Waals surface area contributed by atoms with Gasteiger partial charge in [0.15, 0.2) is 6.10 Å². The van der Waals surface area contributed by atoms with E-state index in [4.69, 9.17) is 9.47 Å². The highest BCUT2D eigenvalue weighted by Gasteiger charge is 2.35. The number of alkyl carbamates (subject to hydrolysis) is 1. The Balaban J connectivity index is 1.86. The van der Waals surface area contributed by atoms with Crippen LogP contribution in [0.1, 0.15) is 31.7 Å². The Morgan fingerprint density at radius 3 is 2.60 bits per heavy atom. The van der Waals surface area contributed by atoms with Crippen LogP contribution in [-0.2, 0) is 30.5 Å². The molecule has 1 saturated heterocycles. The summed E-state index contributed by atoms with van der Waals surface area (Å²) in [6.07, 6.45) is -1.19. The van der Waals surface area contributed by atoms with Crippen LogP contribution in [0.25, 0.3) is 0 Å². The van der Waals surface area contributed by atoms with Crippen LogP contribution in [0.4, 0.5) is 4.79 Å². The Kier molecular flexibility index (Phi) is 6.50. The SMILES string of the molecule is CCC[C@H](NC(=O)OCc1ccccc1)C(=O)OC1CC(=O)NC1=O. The van der Waals surface area contributed by atoms with Crippen molar-refractivity contribution in [3.8, 4) is 0 Å². The molecule has 0 spiro atoms. The summed E-state index contributed by atoms with van der Waals surface area (Å²) in [5.74, 6) is -1.92. The predicted octanol–water partition coefficient (Wildman–Crippen LogP) is 1.04. The molecule has 0 radical (unpaired) electrons. The summed E-state index contributed by atoms with van der Waals surface area (Å²) in [4.78, 5) is 46.6. The molecule has 8 heteroatoms. The standard InChI is InChI=1S/C17H20N2O6/c1-2-6-12(16(22)25-13-9-14(20)19-15(13)21)18-17(23)24-10-11-7-4-3-5-8-11/h3-5,7-8,12-13H,2,6,9-10H2,1H3,(H,18,23)(H,19,20,21)/t12-,13?/m0/s1. The Morgan fingerprint density at radius 1 is 1.28 bits per heavy atom. The molecule has 0 aliphatic carbocycles. The number of hydrogen-bond acceptors (Lipinski definition) is 6. The van der Waals surface area contributed by atoms with E-state index in [2.05, 4.69) is 10.6 Å². The predicted molar refractivity (Wildman–Crippen MR) is 86.1 cm³/mol. The molecular formula is C17H20N2O6. The third kappa shape index (κ3) is 5.59. The first-order valence-electron chi connectivity index (χ1n) is 8.01. The summed E-state index contributed by atoms with van der Waals surface area (Å²) < 4.78 is 10.1. The lowest BCUT2D eigenvalue weighted by Crippen LogP contribution is -2.44. The average molecular weight is 348 g/mol. The molecule has 1 fully saturated rings. The van der Waals surface area contributed by atoms with E-state index < -0.39 is 36.0 Å². The van der Waals surface area contributed by atoms with Crippen LogP contribution in [0.2, 0.25) is 0 Å². The monoisotopic (exact) mass is 348 g/mol. The van der Waals surface area contributed by atoms with E-state index in [0.717, 1.165) is 5.56 Å². The zero-order valence-corrected chi connectivity index (χ0v) is 13.8. The van der Waals surface area contributed by atoms with Crippen LogP contribution in [0, 0.1) is 0 Å². The molecule has 1 aromatic rings. The molecule has 2 N–H and O–H groups in total. The highest BCUT2D eigenvalue weighted by atomic mass is 16.6. The smallest absolute Gasteiger partial charge is 0.408 e. The first-order valence-corrected chi connectivity index (χ1v) is 8.01. The number of hydrogen-bond donors (Lipinski definition) is 2. The van der Waals surface area contributed by atoms with Gasteiger partial charge in [-0.25, -0.2) is 9.59 Å². The highest BCUT2D eigenvalue weighted by Crippen LogP contribution is 2.10. The molecule has 3 amide bonds. The summed E-state index contributed by atoms with van der Waals surface area (Å²) in [6, 6.07) is 8.16. The number of esters is 1. The number of imide groups is 1. The summed E-state index contributed by atoms with van der Waals surface area (Å²) in [7, 11) is 0. The van der Waals surface area contributed by atoms with Crippen LogP contribution >= 0.6 is 0 Å². The minimum absolute atomic E-state index is 0.0695. The lowest BCUT2D eigenvalue weighted by Gasteiger charge is -2.18. The van der Waals surface area contributed by atoms with Gasteiger partial charge in [0.05, 0.1) is 6.42 Å². The van der Waals surface area contributed by atoms with Gasteiger partial charge in [0.25, 0.3) is 5.91 Å². The van der Waals surface area contributed by atoms with Gasteiger partial charge in [0.1, 0.15) is 12.6 Å². The van der Waals surface area contributed by atoms with Gasteiger partial charge in [-0.1, -0.05) is 43.7 Å². The maximum absolute atomic E-state index is 12.2. The number of ether oxygens (including phenoxy) is 2. The molecule has 2 atom stereocenters. The molecule has 1 aliphatic rings. The number of nitrogens with one attached hydrogen (secondary N) is 2. The van der Waals surface area contributed by atoms with E-state index in [1.165, 1.54) is 0 Å². The van der Waals surface area contributed by atoms with Crippen molar-refractivity contribution >= 4 is 23.9 Å². The molecule has 8 nitrogen and oxygen atoms in total. The van der Waals surface area contributed by atoms with Crippen LogP contribution in [-0.4, -0.2) is 36.0 Å². The van der Waals surface area contributed by atoms with Gasteiger partial charge in [-0.15, -0.1) is 0 Å². The van der Waals surface area contributed by atoms with E-state index in [9.17, 15) is 19.2 Å². The van der Waals surface area contributed by atoms with Crippen molar-refractivity contribution in [3.05, 3.63) is 35.9 Å². The normalized spacial score (nSPS) is 17.6. The molecule has 1 heterocycles. The van der Waals surface area contributed by atoms with Crippen LogP contribution in [0.3, 0.4) is 0 Å². The van der Waals surface area contributed by atoms with E-state index in [1.807, 2.05) is 25.1 Å². The van der Waals surface area contributed by atoms with E-state index in [-0.39, 0.29) is 13.0 Å². The number of carbonyl (C=O) groups excluding carboxylic acids is 4. The third-order valence-corrected chi connectivity index (χ3v) is 3.55. The summed E-state index contributed by atoms with van der Waals surface area (Å²) in [5, 5.41) is 4.49. The van der Waals surface area contributed by atoms with Crippen molar-refractivity contribution in [3.63, 3.8) is 0 Å². The number of carbonyl (C=O) groups is 4. The topological polar surface area (TPSA) is 111 Å². The molecule has 0 aromatic heterocycles. The van der Waals surface area contributed by atoms with Crippen LogP contribution < -0.4 is 10.6 Å². The Labute approximate surface area is 144 Å². The van der Waals surface area contributed by atoms with Crippen molar-refractivity contribution in [1.29, 1.82) is 0 Å². The molecule has 25 heavy (non-hydrogen) atoms. The van der Waals surface area contributed by atoms with Gasteiger partial charge < -0.3 is 14.8 Å². The van der Waals surface area contributed by atoms with Crippen LogP contribution in [0.5, 0.6) is 0 Å². The lowest BCUT2D eigenvalue weighted by molar-refractivity contribution is -0.156. The van der Waals surface area contributed by atoms with Gasteiger partial charge in [-0.05, 0) is 12.0 Å². The van der Waals surface area contributed by atoms with E-state index in [1.54, 1.807) is 12.1 Å². The fourth-order valence-electron chi connectivity index (χ4n) is 2.29. The fraction of sp³-hybridized carbons (Fsp3) is 0.412. The number of amides is 3. The number of benzene rings is 1. The Hall–Kier alpha value is -2.90. The van der Waals surface area contributed by atoms with Gasteiger partial charge in [-0.3, -0.25) is 14.9 Å².